The Bertz CT molecular complexity index is 611. The molecule has 1 atom stereocenters. The van der Waals surface area contributed by atoms with Crippen molar-refractivity contribution in [1.29, 1.82) is 0 Å². The molecule has 1 aliphatic rings. The van der Waals surface area contributed by atoms with E-state index in [0.717, 1.165) is 36.5 Å². The molecule has 1 aromatic heterocycles. The lowest BCUT2D eigenvalue weighted by Gasteiger charge is -2.25. The van der Waals surface area contributed by atoms with Gasteiger partial charge in [0.2, 0.25) is 0 Å². The summed E-state index contributed by atoms with van der Waals surface area (Å²) in [5, 5.41) is 3.36. The van der Waals surface area contributed by atoms with Gasteiger partial charge in [-0.05, 0) is 36.8 Å². The van der Waals surface area contributed by atoms with Crippen molar-refractivity contribution in [2.45, 2.75) is 25.7 Å². The minimum absolute atomic E-state index is 0.270. The zero-order valence-corrected chi connectivity index (χ0v) is 11.0. The van der Waals surface area contributed by atoms with Gasteiger partial charge in [0.05, 0.1) is 5.56 Å². The highest BCUT2D eigenvalue weighted by Gasteiger charge is 2.30. The summed E-state index contributed by atoms with van der Waals surface area (Å²) >= 11 is 0. The van der Waals surface area contributed by atoms with Gasteiger partial charge in [-0.25, -0.2) is 0 Å². The second-order valence-electron chi connectivity index (χ2n) is 5.05. The van der Waals surface area contributed by atoms with Crippen molar-refractivity contribution in [1.82, 2.24) is 9.88 Å². The summed E-state index contributed by atoms with van der Waals surface area (Å²) in [5.74, 6) is 0. The molecular formula is C15H15F3N2. The Labute approximate surface area is 115 Å². The van der Waals surface area contributed by atoms with Crippen LogP contribution < -0.4 is 5.32 Å². The molecule has 0 spiro atoms. The second kappa shape index (κ2) is 4.66. The topological polar surface area (TPSA) is 17.0 Å². The average Bonchev–Trinajstić information content (AvgIpc) is 2.83. The van der Waals surface area contributed by atoms with Crippen molar-refractivity contribution in [3.63, 3.8) is 0 Å². The zero-order chi connectivity index (χ0) is 14.3. The summed E-state index contributed by atoms with van der Waals surface area (Å²) in [6, 6.07) is 9.63. The maximum Gasteiger partial charge on any atom is 0.416 e. The van der Waals surface area contributed by atoms with E-state index in [9.17, 15) is 13.2 Å². The maximum absolute atomic E-state index is 12.6. The number of aromatic nitrogens is 1. The van der Waals surface area contributed by atoms with Crippen molar-refractivity contribution in [3.05, 3.63) is 47.7 Å². The van der Waals surface area contributed by atoms with E-state index in [0.29, 0.717) is 0 Å². The number of rotatable bonds is 1. The molecule has 106 valence electrons. The highest BCUT2D eigenvalue weighted by Crippen LogP contribution is 2.32. The quantitative estimate of drug-likeness (QED) is 0.840. The first-order valence-corrected chi connectivity index (χ1v) is 6.57. The zero-order valence-electron chi connectivity index (χ0n) is 11.0. The molecule has 1 aromatic carbocycles. The number of nitrogens with zero attached hydrogens (tertiary/aromatic N) is 1. The van der Waals surface area contributed by atoms with Crippen molar-refractivity contribution in [2.24, 2.45) is 0 Å². The number of alkyl halides is 3. The Morgan fingerprint density at radius 2 is 1.80 bits per heavy atom. The van der Waals surface area contributed by atoms with E-state index < -0.39 is 11.7 Å². The van der Waals surface area contributed by atoms with Crippen LogP contribution in [0.15, 0.2) is 36.4 Å². The van der Waals surface area contributed by atoms with Gasteiger partial charge < -0.3 is 9.88 Å². The lowest BCUT2D eigenvalue weighted by atomic mass is 10.1. The Hall–Kier alpha value is -1.75. The minimum Gasteiger partial charge on any atom is -0.342 e. The van der Waals surface area contributed by atoms with Gasteiger partial charge in [0.25, 0.3) is 0 Å². The highest BCUT2D eigenvalue weighted by atomic mass is 19.4. The van der Waals surface area contributed by atoms with Crippen LogP contribution in [0.5, 0.6) is 0 Å². The van der Waals surface area contributed by atoms with E-state index in [1.54, 1.807) is 0 Å². The fraction of sp³-hybridized carbons (Fsp3) is 0.333. The van der Waals surface area contributed by atoms with Crippen molar-refractivity contribution in [3.8, 4) is 11.3 Å². The smallest absolute Gasteiger partial charge is 0.342 e. The molecule has 5 heteroatoms. The molecule has 0 radical (unpaired) electrons. The number of halogens is 3. The molecule has 0 amide bonds. The summed E-state index contributed by atoms with van der Waals surface area (Å²) in [4.78, 5) is 0. The third-order valence-electron chi connectivity index (χ3n) is 3.75. The Morgan fingerprint density at radius 3 is 2.45 bits per heavy atom. The van der Waals surface area contributed by atoms with Crippen LogP contribution in [0.2, 0.25) is 0 Å². The average molecular weight is 280 g/mol. The lowest BCUT2D eigenvalue weighted by molar-refractivity contribution is -0.137. The fourth-order valence-electron chi connectivity index (χ4n) is 2.69. The van der Waals surface area contributed by atoms with Crippen molar-refractivity contribution in [2.75, 3.05) is 6.54 Å². The molecule has 1 N–H and O–H groups in total. The summed E-state index contributed by atoms with van der Waals surface area (Å²) in [6.45, 7) is 3.79. The van der Waals surface area contributed by atoms with Gasteiger partial charge in [0.15, 0.2) is 0 Å². The molecule has 2 nitrogen and oxygen atoms in total. The molecule has 20 heavy (non-hydrogen) atoms. The lowest BCUT2D eigenvalue weighted by Crippen LogP contribution is -2.31. The Kier molecular flexibility index (Phi) is 3.09. The first-order valence-electron chi connectivity index (χ1n) is 6.57. The third-order valence-corrected chi connectivity index (χ3v) is 3.75. The van der Waals surface area contributed by atoms with Crippen LogP contribution in [0.25, 0.3) is 11.3 Å². The normalized spacial score (nSPS) is 18.9. The SMILES string of the molecule is CC1NCCn2c(-c3ccc(C(F)(F)F)cc3)ccc21. The van der Waals surface area contributed by atoms with Crippen LogP contribution >= 0.6 is 0 Å². The van der Waals surface area contributed by atoms with Gasteiger partial charge in [-0.3, -0.25) is 0 Å². The summed E-state index contributed by atoms with van der Waals surface area (Å²) < 4.78 is 39.9. The monoisotopic (exact) mass is 280 g/mol. The fourth-order valence-corrected chi connectivity index (χ4v) is 2.69. The first kappa shape index (κ1) is 13.2. The van der Waals surface area contributed by atoms with Gasteiger partial charge in [0, 0.05) is 30.5 Å². The molecule has 1 unspecified atom stereocenters. The van der Waals surface area contributed by atoms with E-state index in [-0.39, 0.29) is 6.04 Å². The predicted octanol–water partition coefficient (Wildman–Crippen LogP) is 3.84. The molecule has 2 heterocycles. The molecule has 0 aliphatic carbocycles. The Balaban J connectivity index is 1.98. The number of hydrogen-bond donors (Lipinski definition) is 1. The molecule has 0 saturated heterocycles. The standard InChI is InChI=1S/C15H15F3N2/c1-10-13-6-7-14(20(13)9-8-19-10)11-2-4-12(5-3-11)15(16,17)18/h2-7,10,19H,8-9H2,1H3. The van der Waals surface area contributed by atoms with E-state index in [4.69, 9.17) is 0 Å². The van der Waals surface area contributed by atoms with Crippen LogP contribution in [0.1, 0.15) is 24.2 Å². The molecule has 2 aromatic rings. The van der Waals surface area contributed by atoms with Gasteiger partial charge >= 0.3 is 6.18 Å². The van der Waals surface area contributed by atoms with Crippen LogP contribution in [0.4, 0.5) is 13.2 Å². The van der Waals surface area contributed by atoms with E-state index in [1.807, 2.05) is 12.1 Å². The van der Waals surface area contributed by atoms with Gasteiger partial charge in [-0.2, -0.15) is 13.2 Å². The van der Waals surface area contributed by atoms with E-state index >= 15 is 0 Å². The minimum atomic E-state index is -4.28. The van der Waals surface area contributed by atoms with Crippen LogP contribution in [-0.2, 0) is 12.7 Å². The number of benzene rings is 1. The highest BCUT2D eigenvalue weighted by molar-refractivity contribution is 5.62. The number of nitrogens with one attached hydrogen (secondary N) is 1. The summed E-state index contributed by atoms with van der Waals surface area (Å²) in [7, 11) is 0. The maximum atomic E-state index is 12.6. The van der Waals surface area contributed by atoms with Gasteiger partial charge in [0.1, 0.15) is 0 Å². The third kappa shape index (κ3) is 2.22. The molecule has 0 fully saturated rings. The van der Waals surface area contributed by atoms with Crippen LogP contribution in [-0.4, -0.2) is 11.1 Å². The predicted molar refractivity (Wildman–Crippen MR) is 71.3 cm³/mol. The van der Waals surface area contributed by atoms with Crippen LogP contribution in [0, 0.1) is 0 Å². The first-order chi connectivity index (χ1) is 9.47. The van der Waals surface area contributed by atoms with Gasteiger partial charge in [-0.1, -0.05) is 12.1 Å². The molecule has 0 bridgehead atoms. The van der Waals surface area contributed by atoms with E-state index in [2.05, 4.69) is 16.8 Å². The van der Waals surface area contributed by atoms with Crippen molar-refractivity contribution >= 4 is 0 Å². The van der Waals surface area contributed by atoms with E-state index in [1.165, 1.54) is 17.8 Å². The van der Waals surface area contributed by atoms with Crippen LogP contribution in [0.3, 0.4) is 0 Å². The largest absolute Gasteiger partial charge is 0.416 e. The molecule has 1 aliphatic heterocycles. The summed E-state index contributed by atoms with van der Waals surface area (Å²) in [5.41, 5.74) is 2.35. The number of hydrogen-bond acceptors (Lipinski definition) is 1. The molecule has 0 saturated carbocycles. The Morgan fingerprint density at radius 1 is 1.10 bits per heavy atom. The second-order valence-corrected chi connectivity index (χ2v) is 5.05. The van der Waals surface area contributed by atoms with Gasteiger partial charge in [-0.15, -0.1) is 0 Å². The molecule has 3 rings (SSSR count). The summed E-state index contributed by atoms with van der Waals surface area (Å²) in [6.07, 6.45) is -4.28. The van der Waals surface area contributed by atoms with Crippen molar-refractivity contribution < 1.29 is 13.2 Å². The number of fused-ring (bicyclic) bond motifs is 1. The molecular weight excluding hydrogens is 265 g/mol.